The van der Waals surface area contributed by atoms with Crippen molar-refractivity contribution in [1.29, 1.82) is 0 Å². The van der Waals surface area contributed by atoms with E-state index in [4.69, 9.17) is 26.2 Å². The molecule has 0 spiro atoms. The molecule has 1 aliphatic heterocycles. The number of hydrogen-bond acceptors (Lipinski definition) is 10. The molecule has 1 saturated carbocycles. The van der Waals surface area contributed by atoms with Crippen LogP contribution in [0.15, 0.2) is 36.4 Å². The minimum atomic E-state index is -1.90. The summed E-state index contributed by atoms with van der Waals surface area (Å²) in [5.41, 5.74) is -1.16. The van der Waals surface area contributed by atoms with E-state index in [-0.39, 0.29) is 12.2 Å². The molecule has 1 aliphatic carbocycles. The second kappa shape index (κ2) is 14.3. The second-order valence-electron chi connectivity index (χ2n) is 12.0. The Morgan fingerprint density at radius 3 is 2.48 bits per heavy atom. The van der Waals surface area contributed by atoms with Crippen LogP contribution in [0.4, 0.5) is 0 Å². The molecule has 44 heavy (non-hydrogen) atoms. The number of fused-ring (bicyclic) bond motifs is 1. The molecule has 0 bridgehead atoms. The topological polar surface area (TPSA) is 191 Å². The monoisotopic (exact) mass is 654 g/mol. The number of aryl methyl sites for hydroxylation is 1. The SMILES string of the molecule is CC1(C)C(=O)[C@H](CCCCC(=O)O)[C@@H](/C=C/C(O)CCc2sc3ccccc3c2Cl)[C@@H]1OC1O[C@H](C(=O)O)[C@@H](O)[C@H](O)[C@H]1O. The predicted molar refractivity (Wildman–Crippen MR) is 161 cm³/mol. The lowest BCUT2D eigenvalue weighted by molar-refractivity contribution is -0.311. The van der Waals surface area contributed by atoms with Crippen LogP contribution in [0.25, 0.3) is 10.1 Å². The first-order valence-corrected chi connectivity index (χ1v) is 15.8. The minimum Gasteiger partial charge on any atom is -0.481 e. The number of thiophene rings is 1. The van der Waals surface area contributed by atoms with Crippen molar-refractivity contribution in [2.24, 2.45) is 17.3 Å². The first-order chi connectivity index (χ1) is 20.7. The van der Waals surface area contributed by atoms with Gasteiger partial charge in [-0.05, 0) is 31.7 Å². The molecule has 0 radical (unpaired) electrons. The van der Waals surface area contributed by atoms with Gasteiger partial charge in [-0.25, -0.2) is 4.79 Å². The maximum absolute atomic E-state index is 13.7. The van der Waals surface area contributed by atoms with Crippen molar-refractivity contribution in [2.45, 2.75) is 95.3 Å². The Morgan fingerprint density at radius 2 is 1.82 bits per heavy atom. The van der Waals surface area contributed by atoms with Gasteiger partial charge >= 0.3 is 11.9 Å². The number of benzene rings is 1. The number of carbonyl (C=O) groups excluding carboxylic acids is 1. The van der Waals surface area contributed by atoms with Crippen molar-refractivity contribution in [1.82, 2.24) is 0 Å². The zero-order chi connectivity index (χ0) is 32.3. The number of Topliss-reactive ketones (excluding diaryl/α,β-unsaturated/α-hetero) is 1. The Balaban J connectivity index is 1.54. The van der Waals surface area contributed by atoms with Gasteiger partial charge in [0.2, 0.25) is 0 Å². The summed E-state index contributed by atoms with van der Waals surface area (Å²) in [5, 5.41) is 61.9. The molecule has 6 N–H and O–H groups in total. The normalized spacial score (nSPS) is 31.1. The smallest absolute Gasteiger partial charge is 0.335 e. The standard InChI is InChI=1S/C31H39ClO11S/c1-31(2)27(39)16(7-4-6-10-21(34)35)17(28(31)43-30-25(38)23(36)24(37)26(42-30)29(40)41)13-11-15(33)12-14-20-22(32)18-8-3-5-9-19(18)44-20/h3,5,8-9,11,13,15-17,23-26,28,30,33,36-38H,4,6-7,10,12,14H2,1-2H3,(H,34,35)(H,40,41)/b13-11+/t15?,16-,17-,23+,24+,25-,26+,28+,30?/m1/s1. The Morgan fingerprint density at radius 1 is 1.11 bits per heavy atom. The highest BCUT2D eigenvalue weighted by atomic mass is 35.5. The number of carboxylic acids is 2. The van der Waals surface area contributed by atoms with Crippen molar-refractivity contribution >= 4 is 50.7 Å². The summed E-state index contributed by atoms with van der Waals surface area (Å²) in [6.45, 7) is 3.29. The highest BCUT2D eigenvalue weighted by Gasteiger charge is 2.57. The van der Waals surface area contributed by atoms with Crippen LogP contribution < -0.4 is 0 Å². The van der Waals surface area contributed by atoms with E-state index in [2.05, 4.69) is 0 Å². The van der Waals surface area contributed by atoms with Crippen molar-refractivity contribution in [3.05, 3.63) is 46.3 Å². The summed E-state index contributed by atoms with van der Waals surface area (Å²) in [4.78, 5) is 37.3. The number of ketones is 1. The number of hydrogen-bond donors (Lipinski definition) is 6. The molecule has 13 heteroatoms. The Bertz CT molecular complexity index is 1370. The molecule has 1 aromatic heterocycles. The van der Waals surface area contributed by atoms with Crippen LogP contribution in [0.3, 0.4) is 0 Å². The average Bonchev–Trinajstić information content (AvgIpc) is 3.38. The molecule has 4 rings (SSSR count). The zero-order valence-electron chi connectivity index (χ0n) is 24.4. The molecule has 2 fully saturated rings. The average molecular weight is 655 g/mol. The molecule has 2 aromatic rings. The van der Waals surface area contributed by atoms with Gasteiger partial charge in [-0.1, -0.05) is 62.2 Å². The molecule has 1 aromatic carbocycles. The van der Waals surface area contributed by atoms with Crippen LogP contribution in [0.1, 0.15) is 50.8 Å². The van der Waals surface area contributed by atoms with Gasteiger partial charge in [0, 0.05) is 33.2 Å². The number of carboxylic acid groups (broad SMARTS) is 2. The molecular weight excluding hydrogens is 616 g/mol. The molecule has 242 valence electrons. The summed E-state index contributed by atoms with van der Waals surface area (Å²) in [5.74, 6) is -3.98. The van der Waals surface area contributed by atoms with E-state index in [1.54, 1.807) is 37.3 Å². The molecule has 2 unspecified atom stereocenters. The van der Waals surface area contributed by atoms with Gasteiger partial charge in [-0.2, -0.15) is 0 Å². The van der Waals surface area contributed by atoms with Crippen LogP contribution in [0.2, 0.25) is 5.02 Å². The van der Waals surface area contributed by atoms with Crippen molar-refractivity contribution in [3.63, 3.8) is 0 Å². The fourth-order valence-electron chi connectivity index (χ4n) is 6.11. The number of ether oxygens (including phenoxy) is 2. The van der Waals surface area contributed by atoms with E-state index < -0.39 is 72.1 Å². The Labute approximate surface area is 263 Å². The summed E-state index contributed by atoms with van der Waals surface area (Å²) in [6.07, 6.45) is -5.83. The van der Waals surface area contributed by atoms with Crippen LogP contribution >= 0.6 is 22.9 Å². The zero-order valence-corrected chi connectivity index (χ0v) is 26.0. The maximum Gasteiger partial charge on any atom is 0.335 e. The lowest BCUT2D eigenvalue weighted by atomic mass is 9.85. The summed E-state index contributed by atoms with van der Waals surface area (Å²) >= 11 is 8.11. The van der Waals surface area contributed by atoms with Crippen LogP contribution in [-0.2, 0) is 30.3 Å². The number of halogens is 1. The molecule has 2 heterocycles. The summed E-state index contributed by atoms with van der Waals surface area (Å²) in [6, 6.07) is 7.76. The summed E-state index contributed by atoms with van der Waals surface area (Å²) in [7, 11) is 0. The van der Waals surface area contributed by atoms with E-state index in [0.717, 1.165) is 15.0 Å². The van der Waals surface area contributed by atoms with Crippen molar-refractivity contribution in [2.75, 3.05) is 0 Å². The molecule has 1 saturated heterocycles. The van der Waals surface area contributed by atoms with Gasteiger partial charge in [0.1, 0.15) is 24.1 Å². The van der Waals surface area contributed by atoms with E-state index in [1.807, 2.05) is 24.3 Å². The van der Waals surface area contributed by atoms with Crippen molar-refractivity contribution in [3.8, 4) is 0 Å². The van der Waals surface area contributed by atoms with E-state index in [1.165, 1.54) is 0 Å². The van der Waals surface area contributed by atoms with Gasteiger partial charge in [0.05, 0.1) is 22.6 Å². The molecule has 9 atom stereocenters. The lowest BCUT2D eigenvalue weighted by Crippen LogP contribution is -2.61. The van der Waals surface area contributed by atoms with Crippen molar-refractivity contribution < 1.29 is 54.5 Å². The number of aliphatic hydroxyl groups excluding tert-OH is 4. The highest BCUT2D eigenvalue weighted by Crippen LogP contribution is 2.48. The van der Waals surface area contributed by atoms with E-state index >= 15 is 0 Å². The molecule has 11 nitrogen and oxygen atoms in total. The minimum absolute atomic E-state index is 0.0529. The van der Waals surface area contributed by atoms with Gasteiger partial charge in [0.15, 0.2) is 12.4 Å². The second-order valence-corrected chi connectivity index (χ2v) is 13.5. The third-order valence-electron chi connectivity index (χ3n) is 8.57. The predicted octanol–water partition coefficient (Wildman–Crippen LogP) is 3.17. The van der Waals surface area contributed by atoms with Gasteiger partial charge < -0.3 is 40.1 Å². The van der Waals surface area contributed by atoms with Crippen LogP contribution in [0.5, 0.6) is 0 Å². The number of aliphatic hydroxyl groups is 4. The van der Waals surface area contributed by atoms with Gasteiger partial charge in [-0.15, -0.1) is 11.3 Å². The van der Waals surface area contributed by atoms with E-state index in [0.29, 0.717) is 37.1 Å². The van der Waals surface area contributed by atoms with Crippen LogP contribution in [0, 0.1) is 17.3 Å². The maximum atomic E-state index is 13.7. The first kappa shape index (κ1) is 34.5. The fraction of sp³-hybridized carbons (Fsp3) is 0.581. The molecular formula is C31H39ClO11S. The molecule has 0 amide bonds. The van der Waals surface area contributed by atoms with Gasteiger partial charge in [0.25, 0.3) is 0 Å². The quantitative estimate of drug-likeness (QED) is 0.137. The number of unbranched alkanes of at least 4 members (excludes halogenated alkanes) is 1. The Hall–Kier alpha value is -2.42. The number of rotatable bonds is 13. The summed E-state index contributed by atoms with van der Waals surface area (Å²) < 4.78 is 12.5. The third kappa shape index (κ3) is 7.34. The highest BCUT2D eigenvalue weighted by molar-refractivity contribution is 7.19. The first-order valence-electron chi connectivity index (χ1n) is 14.6. The molecule has 2 aliphatic rings. The fourth-order valence-corrected chi connectivity index (χ4v) is 7.65. The third-order valence-corrected chi connectivity index (χ3v) is 10.3. The van der Waals surface area contributed by atoms with Gasteiger partial charge in [-0.3, -0.25) is 9.59 Å². The Kier molecular flexibility index (Phi) is 11.2. The van der Waals surface area contributed by atoms with E-state index in [9.17, 15) is 39.9 Å². The lowest BCUT2D eigenvalue weighted by Gasteiger charge is -2.41. The van der Waals surface area contributed by atoms with Crippen LogP contribution in [-0.4, -0.2) is 91.3 Å². The largest absolute Gasteiger partial charge is 0.481 e. The number of carbonyl (C=O) groups is 3. The number of aliphatic carboxylic acids is 2.